The number of benzene rings is 2. The van der Waals surface area contributed by atoms with Crippen LogP contribution in [0.5, 0.6) is 0 Å². The standard InChI is InChI=1S/C20H20ClN5O5S/c21-17-5-3-16(4-6-17)20-22-19(31-23-20)13-24-9-11-25(12-10-24)32(29,30)14-15-1-7-18(8-2-15)26(27)28/h1-8H,9-14H2. The molecular weight excluding hydrogens is 458 g/mol. The molecule has 2 aromatic carbocycles. The van der Waals surface area contributed by atoms with Crippen LogP contribution >= 0.6 is 11.6 Å². The molecule has 1 aromatic heterocycles. The Kier molecular flexibility index (Phi) is 6.51. The number of non-ortho nitro benzene ring substituents is 1. The maximum Gasteiger partial charge on any atom is 0.269 e. The van der Waals surface area contributed by atoms with Gasteiger partial charge in [0.15, 0.2) is 0 Å². The maximum absolute atomic E-state index is 12.7. The first-order chi connectivity index (χ1) is 15.3. The average molecular weight is 478 g/mol. The number of nitro benzene ring substituents is 1. The molecule has 0 radical (unpaired) electrons. The fourth-order valence-electron chi connectivity index (χ4n) is 3.41. The Labute approximate surface area is 189 Å². The molecule has 0 spiro atoms. The van der Waals surface area contributed by atoms with Crippen molar-refractivity contribution in [2.24, 2.45) is 0 Å². The van der Waals surface area contributed by atoms with Crippen molar-refractivity contribution in [2.45, 2.75) is 12.3 Å². The van der Waals surface area contributed by atoms with Gasteiger partial charge in [0.1, 0.15) is 0 Å². The topological polar surface area (TPSA) is 123 Å². The van der Waals surface area contributed by atoms with Gasteiger partial charge in [0, 0.05) is 48.9 Å². The van der Waals surface area contributed by atoms with Gasteiger partial charge in [0.25, 0.3) is 5.69 Å². The minimum atomic E-state index is -3.53. The highest BCUT2D eigenvalue weighted by Gasteiger charge is 2.28. The van der Waals surface area contributed by atoms with E-state index < -0.39 is 14.9 Å². The summed E-state index contributed by atoms with van der Waals surface area (Å²) in [6.45, 7) is 2.16. The molecule has 3 aromatic rings. The Balaban J connectivity index is 1.31. The first-order valence-electron chi connectivity index (χ1n) is 9.82. The number of nitro groups is 1. The van der Waals surface area contributed by atoms with Crippen LogP contribution in [0.15, 0.2) is 53.1 Å². The minimum Gasteiger partial charge on any atom is -0.338 e. The Morgan fingerprint density at radius 2 is 1.69 bits per heavy atom. The Morgan fingerprint density at radius 1 is 1.03 bits per heavy atom. The maximum atomic E-state index is 12.7. The second-order valence-corrected chi connectivity index (χ2v) is 9.78. The molecule has 0 aliphatic carbocycles. The van der Waals surface area contributed by atoms with Crippen molar-refractivity contribution in [3.05, 3.63) is 75.1 Å². The van der Waals surface area contributed by atoms with E-state index in [1.165, 1.54) is 28.6 Å². The molecule has 168 valence electrons. The number of hydrogen-bond donors (Lipinski definition) is 0. The molecule has 2 heterocycles. The zero-order valence-electron chi connectivity index (χ0n) is 16.9. The van der Waals surface area contributed by atoms with Crippen molar-refractivity contribution in [3.63, 3.8) is 0 Å². The van der Waals surface area contributed by atoms with Gasteiger partial charge in [-0.25, -0.2) is 8.42 Å². The number of piperazine rings is 1. The zero-order chi connectivity index (χ0) is 22.7. The van der Waals surface area contributed by atoms with Crippen molar-refractivity contribution in [2.75, 3.05) is 26.2 Å². The van der Waals surface area contributed by atoms with Crippen LogP contribution in [0.3, 0.4) is 0 Å². The fraction of sp³-hybridized carbons (Fsp3) is 0.300. The lowest BCUT2D eigenvalue weighted by molar-refractivity contribution is -0.384. The summed E-state index contributed by atoms with van der Waals surface area (Å²) in [6, 6.07) is 12.7. The molecule has 1 aliphatic heterocycles. The monoisotopic (exact) mass is 477 g/mol. The van der Waals surface area contributed by atoms with Crippen LogP contribution in [0, 0.1) is 10.1 Å². The summed E-state index contributed by atoms with van der Waals surface area (Å²) in [7, 11) is -3.53. The third kappa shape index (κ3) is 5.30. The Bertz CT molecular complexity index is 1190. The fourth-order valence-corrected chi connectivity index (χ4v) is 5.05. The quantitative estimate of drug-likeness (QED) is 0.376. The number of nitrogens with zero attached hydrogens (tertiary/aromatic N) is 5. The van der Waals surface area contributed by atoms with E-state index in [1.54, 1.807) is 12.1 Å². The molecule has 0 N–H and O–H groups in total. The van der Waals surface area contributed by atoms with E-state index in [4.69, 9.17) is 16.1 Å². The summed E-state index contributed by atoms with van der Waals surface area (Å²) < 4.78 is 32.3. The number of hydrogen-bond acceptors (Lipinski definition) is 8. The van der Waals surface area contributed by atoms with Gasteiger partial charge in [-0.2, -0.15) is 9.29 Å². The van der Waals surface area contributed by atoms with Gasteiger partial charge >= 0.3 is 0 Å². The number of sulfonamides is 1. The molecule has 10 nitrogen and oxygen atoms in total. The van der Waals surface area contributed by atoms with Crippen LogP contribution < -0.4 is 0 Å². The molecule has 0 saturated carbocycles. The van der Waals surface area contributed by atoms with E-state index in [0.717, 1.165) is 5.56 Å². The van der Waals surface area contributed by atoms with Crippen molar-refractivity contribution in [1.29, 1.82) is 0 Å². The van der Waals surface area contributed by atoms with E-state index in [2.05, 4.69) is 15.0 Å². The molecule has 1 fully saturated rings. The summed E-state index contributed by atoms with van der Waals surface area (Å²) >= 11 is 5.90. The van der Waals surface area contributed by atoms with Crippen molar-refractivity contribution in [3.8, 4) is 11.4 Å². The second-order valence-electron chi connectivity index (χ2n) is 7.37. The van der Waals surface area contributed by atoms with Crippen molar-refractivity contribution in [1.82, 2.24) is 19.3 Å². The van der Waals surface area contributed by atoms with Crippen LogP contribution in [0.4, 0.5) is 5.69 Å². The van der Waals surface area contributed by atoms with Gasteiger partial charge in [-0.3, -0.25) is 15.0 Å². The number of rotatable bonds is 7. The van der Waals surface area contributed by atoms with Gasteiger partial charge in [0.2, 0.25) is 21.7 Å². The Morgan fingerprint density at radius 3 is 2.31 bits per heavy atom. The molecule has 0 amide bonds. The molecule has 4 rings (SSSR count). The van der Waals surface area contributed by atoms with Crippen molar-refractivity contribution < 1.29 is 17.9 Å². The first kappa shape index (κ1) is 22.3. The average Bonchev–Trinajstić information content (AvgIpc) is 3.23. The first-order valence-corrected chi connectivity index (χ1v) is 11.8. The van der Waals surface area contributed by atoms with Gasteiger partial charge in [-0.05, 0) is 29.8 Å². The third-order valence-corrected chi connectivity index (χ3v) is 7.25. The van der Waals surface area contributed by atoms with E-state index in [0.29, 0.717) is 55.0 Å². The van der Waals surface area contributed by atoms with Gasteiger partial charge in [0.05, 0.1) is 17.2 Å². The smallest absolute Gasteiger partial charge is 0.269 e. The molecule has 0 unspecified atom stereocenters. The van der Waals surface area contributed by atoms with E-state index in [-0.39, 0.29) is 11.4 Å². The summed E-state index contributed by atoms with van der Waals surface area (Å²) in [5.74, 6) is 0.733. The molecular formula is C20H20ClN5O5S. The summed E-state index contributed by atoms with van der Waals surface area (Å²) in [4.78, 5) is 16.7. The van der Waals surface area contributed by atoms with E-state index in [9.17, 15) is 18.5 Å². The predicted octanol–water partition coefficient (Wildman–Crippen LogP) is 2.95. The van der Waals surface area contributed by atoms with Crippen LogP contribution in [0.2, 0.25) is 5.02 Å². The zero-order valence-corrected chi connectivity index (χ0v) is 18.5. The molecule has 12 heteroatoms. The summed E-state index contributed by atoms with van der Waals surface area (Å²) in [6.07, 6.45) is 0. The highest BCUT2D eigenvalue weighted by atomic mass is 35.5. The molecule has 32 heavy (non-hydrogen) atoms. The summed E-state index contributed by atoms with van der Waals surface area (Å²) in [5.41, 5.74) is 1.24. The molecule has 1 saturated heterocycles. The van der Waals surface area contributed by atoms with Crippen LogP contribution in [-0.4, -0.2) is 58.9 Å². The molecule has 0 bridgehead atoms. The number of halogens is 1. The summed E-state index contributed by atoms with van der Waals surface area (Å²) in [5, 5.41) is 15.4. The lowest BCUT2D eigenvalue weighted by atomic mass is 10.2. The van der Waals surface area contributed by atoms with Crippen molar-refractivity contribution >= 4 is 27.3 Å². The number of aromatic nitrogens is 2. The van der Waals surface area contributed by atoms with Gasteiger partial charge in [-0.1, -0.05) is 28.9 Å². The molecule has 0 atom stereocenters. The lowest BCUT2D eigenvalue weighted by Crippen LogP contribution is -2.48. The predicted molar refractivity (Wildman–Crippen MR) is 117 cm³/mol. The highest BCUT2D eigenvalue weighted by Crippen LogP contribution is 2.20. The molecule has 1 aliphatic rings. The van der Waals surface area contributed by atoms with E-state index in [1.807, 2.05) is 12.1 Å². The highest BCUT2D eigenvalue weighted by molar-refractivity contribution is 7.88. The minimum absolute atomic E-state index is 0.0694. The normalized spacial score (nSPS) is 15.7. The largest absolute Gasteiger partial charge is 0.338 e. The Hall–Kier alpha value is -2.86. The SMILES string of the molecule is O=[N+]([O-])c1ccc(CS(=O)(=O)N2CCN(Cc3nc(-c4ccc(Cl)cc4)no3)CC2)cc1. The van der Waals surface area contributed by atoms with E-state index >= 15 is 0 Å². The van der Waals surface area contributed by atoms with Crippen LogP contribution in [0.25, 0.3) is 11.4 Å². The van der Waals surface area contributed by atoms with Crippen LogP contribution in [-0.2, 0) is 22.3 Å². The third-order valence-electron chi connectivity index (χ3n) is 5.15. The van der Waals surface area contributed by atoms with Crippen LogP contribution in [0.1, 0.15) is 11.5 Å². The van der Waals surface area contributed by atoms with Gasteiger partial charge in [-0.15, -0.1) is 0 Å². The second kappa shape index (κ2) is 9.33. The lowest BCUT2D eigenvalue weighted by Gasteiger charge is -2.33. The van der Waals surface area contributed by atoms with Gasteiger partial charge < -0.3 is 4.52 Å².